The van der Waals surface area contributed by atoms with Gasteiger partial charge in [-0.2, -0.15) is 11.8 Å². The first-order valence-corrected chi connectivity index (χ1v) is 11.1. The summed E-state index contributed by atoms with van der Waals surface area (Å²) in [6.45, 7) is 8.45. The van der Waals surface area contributed by atoms with Crippen LogP contribution in [0.1, 0.15) is 59.8 Å². The Bertz CT molecular complexity index is 578. The molecule has 0 spiro atoms. The van der Waals surface area contributed by atoms with Crippen LogP contribution in [0, 0.1) is 0 Å². The molecule has 0 bridgehead atoms. The highest BCUT2D eigenvalue weighted by Crippen LogP contribution is 2.18. The summed E-state index contributed by atoms with van der Waals surface area (Å²) >= 11 is 1.42. The van der Waals surface area contributed by atoms with Crippen molar-refractivity contribution in [1.82, 2.24) is 0 Å². The van der Waals surface area contributed by atoms with E-state index in [1.54, 1.807) is 0 Å². The predicted molar refractivity (Wildman–Crippen MR) is 114 cm³/mol. The third-order valence-electron chi connectivity index (χ3n) is 3.62. The van der Waals surface area contributed by atoms with E-state index in [4.69, 9.17) is 14.2 Å². The SMILES string of the molecule is CCCCCCOc1ccc(OCC(=O)CSCCC(=O)OC(C)(C)C)cc1. The number of hydrogen-bond acceptors (Lipinski definition) is 6. The molecular formula is C22H34O5S. The van der Waals surface area contributed by atoms with Crippen molar-refractivity contribution in [2.75, 3.05) is 24.7 Å². The van der Waals surface area contributed by atoms with E-state index in [9.17, 15) is 9.59 Å². The zero-order valence-corrected chi connectivity index (χ0v) is 18.4. The Balaban J connectivity index is 2.15. The number of thioether (sulfide) groups is 1. The molecule has 0 radical (unpaired) electrons. The van der Waals surface area contributed by atoms with E-state index in [2.05, 4.69) is 6.92 Å². The summed E-state index contributed by atoms with van der Waals surface area (Å²) in [5.74, 6) is 2.09. The highest BCUT2D eigenvalue weighted by Gasteiger charge is 2.16. The number of hydrogen-bond donors (Lipinski definition) is 0. The highest BCUT2D eigenvalue weighted by atomic mass is 32.2. The van der Waals surface area contributed by atoms with Gasteiger partial charge in [0, 0.05) is 5.75 Å². The molecule has 28 heavy (non-hydrogen) atoms. The zero-order valence-electron chi connectivity index (χ0n) is 17.6. The lowest BCUT2D eigenvalue weighted by molar-refractivity contribution is -0.154. The Hall–Kier alpha value is -1.69. The molecule has 1 rings (SSSR count). The zero-order chi connectivity index (χ0) is 20.8. The Kier molecular flexibility index (Phi) is 11.7. The largest absolute Gasteiger partial charge is 0.494 e. The second-order valence-corrected chi connectivity index (χ2v) is 8.70. The van der Waals surface area contributed by atoms with Crippen molar-refractivity contribution in [2.45, 2.75) is 65.4 Å². The van der Waals surface area contributed by atoms with Gasteiger partial charge in [0.1, 0.15) is 23.7 Å². The Morgan fingerprint density at radius 3 is 2.21 bits per heavy atom. The first-order chi connectivity index (χ1) is 13.3. The number of ether oxygens (including phenoxy) is 3. The summed E-state index contributed by atoms with van der Waals surface area (Å²) in [4.78, 5) is 23.5. The van der Waals surface area contributed by atoms with Crippen molar-refractivity contribution in [2.24, 2.45) is 0 Å². The fourth-order valence-corrected chi connectivity index (χ4v) is 3.06. The van der Waals surface area contributed by atoms with Crippen LogP contribution in [0.3, 0.4) is 0 Å². The first kappa shape index (κ1) is 24.3. The number of benzene rings is 1. The van der Waals surface area contributed by atoms with Gasteiger partial charge in [-0.05, 0) is 51.5 Å². The maximum atomic E-state index is 11.9. The second kappa shape index (κ2) is 13.5. The quantitative estimate of drug-likeness (QED) is 0.316. The third kappa shape index (κ3) is 12.7. The van der Waals surface area contributed by atoms with E-state index in [1.807, 2.05) is 45.0 Å². The molecule has 158 valence electrons. The van der Waals surface area contributed by atoms with Gasteiger partial charge >= 0.3 is 5.97 Å². The molecule has 0 fully saturated rings. The summed E-state index contributed by atoms with van der Waals surface area (Å²) < 4.78 is 16.4. The van der Waals surface area contributed by atoms with Gasteiger partial charge in [0.25, 0.3) is 0 Å². The standard InChI is InChI=1S/C22H34O5S/c1-5-6-7-8-14-25-19-9-11-20(12-10-19)26-16-18(23)17-28-15-13-21(24)27-22(2,3)4/h9-12H,5-8,13-17H2,1-4H3. The van der Waals surface area contributed by atoms with Crippen molar-refractivity contribution in [3.8, 4) is 11.5 Å². The van der Waals surface area contributed by atoms with Crippen molar-refractivity contribution in [1.29, 1.82) is 0 Å². The monoisotopic (exact) mass is 410 g/mol. The van der Waals surface area contributed by atoms with Crippen molar-refractivity contribution in [3.63, 3.8) is 0 Å². The van der Waals surface area contributed by atoms with Crippen molar-refractivity contribution in [3.05, 3.63) is 24.3 Å². The average Bonchev–Trinajstić information content (AvgIpc) is 2.63. The van der Waals surface area contributed by atoms with Gasteiger partial charge < -0.3 is 14.2 Å². The second-order valence-electron chi connectivity index (χ2n) is 7.60. The normalized spacial score (nSPS) is 11.1. The molecule has 0 atom stereocenters. The molecule has 0 aliphatic heterocycles. The summed E-state index contributed by atoms with van der Waals surface area (Å²) in [7, 11) is 0. The van der Waals surface area contributed by atoms with Crippen LogP contribution in [-0.2, 0) is 14.3 Å². The van der Waals surface area contributed by atoms with Gasteiger partial charge in [0.05, 0.1) is 18.8 Å². The van der Waals surface area contributed by atoms with Crippen LogP contribution in [0.4, 0.5) is 0 Å². The number of Topliss-reactive ketones (excluding diaryl/α,β-unsaturated/α-hetero) is 1. The molecule has 0 unspecified atom stereocenters. The number of rotatable bonds is 14. The minimum atomic E-state index is -0.471. The number of esters is 1. The molecule has 5 nitrogen and oxygen atoms in total. The van der Waals surface area contributed by atoms with Crippen LogP contribution in [0.2, 0.25) is 0 Å². The topological polar surface area (TPSA) is 61.8 Å². The van der Waals surface area contributed by atoms with Gasteiger partial charge in [-0.25, -0.2) is 0 Å². The lowest BCUT2D eigenvalue weighted by Gasteiger charge is -2.19. The lowest BCUT2D eigenvalue weighted by atomic mass is 10.2. The molecule has 0 N–H and O–H groups in total. The van der Waals surface area contributed by atoms with Crippen LogP contribution in [0.25, 0.3) is 0 Å². The number of ketones is 1. The maximum absolute atomic E-state index is 11.9. The summed E-state index contributed by atoms with van der Waals surface area (Å²) in [6.07, 6.45) is 5.01. The van der Waals surface area contributed by atoms with Gasteiger partial charge in [-0.3, -0.25) is 9.59 Å². The van der Waals surface area contributed by atoms with Crippen LogP contribution in [0.5, 0.6) is 11.5 Å². The molecule has 0 amide bonds. The minimum Gasteiger partial charge on any atom is -0.494 e. The molecule has 1 aromatic carbocycles. The van der Waals surface area contributed by atoms with Crippen LogP contribution < -0.4 is 9.47 Å². The highest BCUT2D eigenvalue weighted by molar-refractivity contribution is 7.99. The van der Waals surface area contributed by atoms with Crippen LogP contribution in [-0.4, -0.2) is 42.1 Å². The van der Waals surface area contributed by atoms with E-state index >= 15 is 0 Å². The number of unbranched alkanes of at least 4 members (excludes halogenated alkanes) is 3. The molecule has 0 aliphatic carbocycles. The Labute approximate surface area is 173 Å². The number of carbonyl (C=O) groups is 2. The Morgan fingerprint density at radius 2 is 1.61 bits per heavy atom. The Morgan fingerprint density at radius 1 is 0.964 bits per heavy atom. The molecule has 0 heterocycles. The first-order valence-electron chi connectivity index (χ1n) is 9.97. The van der Waals surface area contributed by atoms with Gasteiger partial charge in [0.2, 0.25) is 0 Å². The summed E-state index contributed by atoms with van der Waals surface area (Å²) in [5.41, 5.74) is -0.471. The molecule has 0 saturated heterocycles. The van der Waals surface area contributed by atoms with E-state index in [1.165, 1.54) is 31.0 Å². The van der Waals surface area contributed by atoms with E-state index in [-0.39, 0.29) is 18.4 Å². The van der Waals surface area contributed by atoms with E-state index in [0.29, 0.717) is 23.7 Å². The molecule has 0 saturated carbocycles. The smallest absolute Gasteiger partial charge is 0.307 e. The van der Waals surface area contributed by atoms with Gasteiger partial charge in [-0.1, -0.05) is 26.2 Å². The maximum Gasteiger partial charge on any atom is 0.307 e. The average molecular weight is 411 g/mol. The summed E-state index contributed by atoms with van der Waals surface area (Å²) in [5, 5.41) is 0. The van der Waals surface area contributed by atoms with Crippen LogP contribution >= 0.6 is 11.8 Å². The predicted octanol–water partition coefficient (Wildman–Crippen LogP) is 5.06. The van der Waals surface area contributed by atoms with Crippen molar-refractivity contribution >= 4 is 23.5 Å². The molecule has 6 heteroatoms. The van der Waals surface area contributed by atoms with Gasteiger partial charge in [-0.15, -0.1) is 0 Å². The summed E-state index contributed by atoms with van der Waals surface area (Å²) in [6, 6.07) is 7.33. The lowest BCUT2D eigenvalue weighted by Crippen LogP contribution is -2.24. The number of carbonyl (C=O) groups excluding carboxylic acids is 2. The molecular weight excluding hydrogens is 376 g/mol. The van der Waals surface area contributed by atoms with E-state index in [0.717, 1.165) is 18.8 Å². The molecule has 0 aliphatic rings. The van der Waals surface area contributed by atoms with E-state index < -0.39 is 5.60 Å². The van der Waals surface area contributed by atoms with Crippen LogP contribution in [0.15, 0.2) is 24.3 Å². The minimum absolute atomic E-state index is 0.00885. The molecule has 1 aromatic rings. The fourth-order valence-electron chi connectivity index (χ4n) is 2.29. The third-order valence-corrected chi connectivity index (χ3v) is 4.64. The fraction of sp³-hybridized carbons (Fsp3) is 0.636. The van der Waals surface area contributed by atoms with Gasteiger partial charge in [0.15, 0.2) is 5.78 Å². The molecule has 0 aromatic heterocycles. The van der Waals surface area contributed by atoms with Crippen molar-refractivity contribution < 1.29 is 23.8 Å².